The number of pyridine rings is 1. The minimum absolute atomic E-state index is 0.270. The summed E-state index contributed by atoms with van der Waals surface area (Å²) in [4.78, 5) is 20.8. The number of carboxylic acids is 1. The van der Waals surface area contributed by atoms with Crippen LogP contribution in [0.4, 0.5) is 5.82 Å². The minimum Gasteiger partial charge on any atom is -0.478 e. The van der Waals surface area contributed by atoms with Crippen LogP contribution in [-0.2, 0) is 13.0 Å². The number of hydrogen-bond donors (Lipinski definition) is 2. The number of aromatic nitrogens is 2. The highest BCUT2D eigenvalue weighted by Gasteiger charge is 2.08. The lowest BCUT2D eigenvalue weighted by Crippen LogP contribution is -2.06. The van der Waals surface area contributed by atoms with E-state index in [1.54, 1.807) is 23.5 Å². The second-order valence-electron chi connectivity index (χ2n) is 4.49. The predicted octanol–water partition coefficient (Wildman–Crippen LogP) is 3.11. The molecule has 0 bridgehead atoms. The van der Waals surface area contributed by atoms with Crippen molar-refractivity contribution < 1.29 is 9.90 Å². The fraction of sp³-hybridized carbons (Fsp3) is 0.357. The molecule has 0 amide bonds. The van der Waals surface area contributed by atoms with Gasteiger partial charge in [0.2, 0.25) is 0 Å². The molecule has 0 aliphatic rings. The Balaban J connectivity index is 2.15. The summed E-state index contributed by atoms with van der Waals surface area (Å²) in [5.74, 6) is -0.333. The third-order valence-corrected chi connectivity index (χ3v) is 3.66. The molecule has 0 spiro atoms. The van der Waals surface area contributed by atoms with Gasteiger partial charge in [-0.1, -0.05) is 13.3 Å². The van der Waals surface area contributed by atoms with Crippen LogP contribution in [-0.4, -0.2) is 21.0 Å². The molecule has 0 saturated carbocycles. The zero-order valence-corrected chi connectivity index (χ0v) is 12.3. The van der Waals surface area contributed by atoms with Crippen LogP contribution in [0.5, 0.6) is 0 Å². The summed E-state index contributed by atoms with van der Waals surface area (Å²) in [6.45, 7) is 4.60. The summed E-state index contributed by atoms with van der Waals surface area (Å²) < 4.78 is 0. The van der Waals surface area contributed by atoms with Gasteiger partial charge in [0.25, 0.3) is 0 Å². The second kappa shape index (κ2) is 6.47. The lowest BCUT2D eigenvalue weighted by molar-refractivity contribution is 0.0696. The van der Waals surface area contributed by atoms with Crippen LogP contribution in [0.2, 0.25) is 0 Å². The van der Waals surface area contributed by atoms with Crippen LogP contribution < -0.4 is 5.32 Å². The molecule has 0 saturated heterocycles. The summed E-state index contributed by atoms with van der Waals surface area (Å²) in [6, 6.07) is 3.20. The standard InChI is InChI=1S/C14H17N3O2S/c1-3-4-11-5-10(14(18)19)6-13(17-11)16-8-12-7-15-9(2)20-12/h5-7H,3-4,8H2,1-2H3,(H,16,17)(H,18,19). The number of thiazole rings is 1. The average molecular weight is 291 g/mol. The van der Waals surface area contributed by atoms with Gasteiger partial charge in [-0.3, -0.25) is 0 Å². The van der Waals surface area contributed by atoms with Gasteiger partial charge in [-0.25, -0.2) is 14.8 Å². The van der Waals surface area contributed by atoms with Crippen molar-refractivity contribution in [3.8, 4) is 0 Å². The van der Waals surface area contributed by atoms with Crippen molar-refractivity contribution in [3.05, 3.63) is 39.5 Å². The molecule has 0 aliphatic heterocycles. The van der Waals surface area contributed by atoms with E-state index in [4.69, 9.17) is 5.11 Å². The molecule has 0 fully saturated rings. The Labute approximate surface area is 121 Å². The monoisotopic (exact) mass is 291 g/mol. The molecule has 0 unspecified atom stereocenters. The third kappa shape index (κ3) is 3.77. The fourth-order valence-electron chi connectivity index (χ4n) is 1.85. The topological polar surface area (TPSA) is 75.1 Å². The maximum Gasteiger partial charge on any atom is 0.335 e. The summed E-state index contributed by atoms with van der Waals surface area (Å²) in [7, 11) is 0. The SMILES string of the molecule is CCCc1cc(C(=O)O)cc(NCc2cnc(C)s2)n1. The molecule has 2 heterocycles. The lowest BCUT2D eigenvalue weighted by atomic mass is 10.1. The van der Waals surface area contributed by atoms with Gasteiger partial charge >= 0.3 is 5.97 Å². The number of anilines is 1. The molecule has 2 aromatic rings. The Bertz CT molecular complexity index is 610. The Morgan fingerprint density at radius 1 is 1.45 bits per heavy atom. The number of aryl methyl sites for hydroxylation is 2. The first-order valence-electron chi connectivity index (χ1n) is 6.48. The molecule has 0 aliphatic carbocycles. The van der Waals surface area contributed by atoms with E-state index in [1.807, 2.05) is 20.0 Å². The molecular formula is C14H17N3O2S. The Hall–Kier alpha value is -1.95. The number of rotatable bonds is 6. The number of aromatic carboxylic acids is 1. The van der Waals surface area contributed by atoms with Crippen LogP contribution in [0.3, 0.4) is 0 Å². The van der Waals surface area contributed by atoms with Crippen molar-refractivity contribution in [2.45, 2.75) is 33.2 Å². The first-order valence-corrected chi connectivity index (χ1v) is 7.29. The zero-order valence-electron chi connectivity index (χ0n) is 11.5. The highest BCUT2D eigenvalue weighted by atomic mass is 32.1. The van der Waals surface area contributed by atoms with Gasteiger partial charge in [0.1, 0.15) is 5.82 Å². The van der Waals surface area contributed by atoms with Gasteiger partial charge in [0.15, 0.2) is 0 Å². The number of carbonyl (C=O) groups is 1. The first-order chi connectivity index (χ1) is 9.58. The molecule has 0 radical (unpaired) electrons. The predicted molar refractivity (Wildman–Crippen MR) is 79.4 cm³/mol. The number of nitrogens with one attached hydrogen (secondary N) is 1. The molecule has 0 atom stereocenters. The van der Waals surface area contributed by atoms with Crippen molar-refractivity contribution in [1.29, 1.82) is 0 Å². The van der Waals surface area contributed by atoms with Gasteiger partial charge in [-0.15, -0.1) is 11.3 Å². The lowest BCUT2D eigenvalue weighted by Gasteiger charge is -2.08. The minimum atomic E-state index is -0.929. The summed E-state index contributed by atoms with van der Waals surface area (Å²) in [5.41, 5.74) is 1.07. The smallest absolute Gasteiger partial charge is 0.335 e. The van der Waals surface area contributed by atoms with Crippen LogP contribution >= 0.6 is 11.3 Å². The van der Waals surface area contributed by atoms with E-state index in [2.05, 4.69) is 15.3 Å². The number of carboxylic acid groups (broad SMARTS) is 1. The number of nitrogens with zero attached hydrogens (tertiary/aromatic N) is 2. The fourth-order valence-corrected chi connectivity index (χ4v) is 2.59. The number of hydrogen-bond acceptors (Lipinski definition) is 5. The molecule has 6 heteroatoms. The molecule has 0 aromatic carbocycles. The van der Waals surface area contributed by atoms with E-state index in [0.29, 0.717) is 12.4 Å². The van der Waals surface area contributed by atoms with E-state index < -0.39 is 5.97 Å². The molecule has 106 valence electrons. The second-order valence-corrected chi connectivity index (χ2v) is 5.81. The maximum absolute atomic E-state index is 11.1. The zero-order chi connectivity index (χ0) is 14.5. The van der Waals surface area contributed by atoms with Crippen molar-refractivity contribution in [1.82, 2.24) is 9.97 Å². The third-order valence-electron chi connectivity index (χ3n) is 2.74. The quantitative estimate of drug-likeness (QED) is 0.855. The van der Waals surface area contributed by atoms with Crippen LogP contribution in [0.15, 0.2) is 18.3 Å². The van der Waals surface area contributed by atoms with Crippen molar-refractivity contribution >= 4 is 23.1 Å². The van der Waals surface area contributed by atoms with E-state index >= 15 is 0 Å². The van der Waals surface area contributed by atoms with Gasteiger partial charge in [0.05, 0.1) is 17.1 Å². The largest absolute Gasteiger partial charge is 0.478 e. The van der Waals surface area contributed by atoms with Crippen molar-refractivity contribution in [2.75, 3.05) is 5.32 Å². The average Bonchev–Trinajstić information content (AvgIpc) is 2.82. The Kier molecular flexibility index (Phi) is 4.68. The van der Waals surface area contributed by atoms with Crippen molar-refractivity contribution in [2.24, 2.45) is 0 Å². The Morgan fingerprint density at radius 2 is 2.25 bits per heavy atom. The summed E-state index contributed by atoms with van der Waals surface area (Å²) >= 11 is 1.61. The molecular weight excluding hydrogens is 274 g/mol. The van der Waals surface area contributed by atoms with E-state index in [-0.39, 0.29) is 5.56 Å². The van der Waals surface area contributed by atoms with Crippen LogP contribution in [0, 0.1) is 6.92 Å². The molecule has 2 rings (SSSR count). The van der Waals surface area contributed by atoms with Gasteiger partial charge in [0, 0.05) is 16.8 Å². The highest BCUT2D eigenvalue weighted by molar-refractivity contribution is 7.11. The Morgan fingerprint density at radius 3 is 2.85 bits per heavy atom. The van der Waals surface area contributed by atoms with Gasteiger partial charge < -0.3 is 10.4 Å². The summed E-state index contributed by atoms with van der Waals surface area (Å²) in [5, 5.41) is 13.3. The van der Waals surface area contributed by atoms with Crippen LogP contribution in [0.1, 0.15) is 39.3 Å². The molecule has 2 N–H and O–H groups in total. The van der Waals surface area contributed by atoms with Gasteiger partial charge in [-0.05, 0) is 25.5 Å². The highest BCUT2D eigenvalue weighted by Crippen LogP contribution is 2.16. The van der Waals surface area contributed by atoms with E-state index in [9.17, 15) is 4.79 Å². The maximum atomic E-state index is 11.1. The van der Waals surface area contributed by atoms with E-state index in [0.717, 1.165) is 28.4 Å². The van der Waals surface area contributed by atoms with Gasteiger partial charge in [-0.2, -0.15) is 0 Å². The summed E-state index contributed by atoms with van der Waals surface area (Å²) in [6.07, 6.45) is 3.53. The molecule has 5 nitrogen and oxygen atoms in total. The van der Waals surface area contributed by atoms with Crippen molar-refractivity contribution in [3.63, 3.8) is 0 Å². The first kappa shape index (κ1) is 14.5. The van der Waals surface area contributed by atoms with Crippen LogP contribution in [0.25, 0.3) is 0 Å². The molecule has 2 aromatic heterocycles. The molecule has 20 heavy (non-hydrogen) atoms. The van der Waals surface area contributed by atoms with E-state index in [1.165, 1.54) is 0 Å². The normalized spacial score (nSPS) is 10.5.